The second-order valence-corrected chi connectivity index (χ2v) is 13.5. The largest absolute Gasteiger partial charge is 0.393 e. The van der Waals surface area contributed by atoms with Crippen molar-refractivity contribution in [2.45, 2.75) is 125 Å². The quantitative estimate of drug-likeness (QED) is 0.436. The van der Waals surface area contributed by atoms with Crippen molar-refractivity contribution in [2.75, 3.05) is 0 Å². The van der Waals surface area contributed by atoms with Crippen molar-refractivity contribution in [1.82, 2.24) is 0 Å². The molecule has 4 rings (SSSR count). The van der Waals surface area contributed by atoms with Crippen LogP contribution in [0.25, 0.3) is 0 Å². The Bertz CT molecular complexity index is 678. The van der Waals surface area contributed by atoms with Crippen molar-refractivity contribution < 1.29 is 5.11 Å². The van der Waals surface area contributed by atoms with Crippen LogP contribution < -0.4 is 0 Å². The molecule has 4 aliphatic carbocycles. The number of hydrogen-bond acceptors (Lipinski definition) is 1. The fraction of sp³-hybridized carbons (Fsp3) is 0.933. The molecule has 0 saturated heterocycles. The number of fused-ring (bicyclic) bond motifs is 5. The van der Waals surface area contributed by atoms with E-state index in [4.69, 9.17) is 0 Å². The van der Waals surface area contributed by atoms with Crippen molar-refractivity contribution in [2.24, 2.45) is 51.8 Å². The van der Waals surface area contributed by atoms with Gasteiger partial charge in [-0.15, -0.1) is 0 Å². The van der Waals surface area contributed by atoms with E-state index in [1.54, 1.807) is 5.57 Å². The summed E-state index contributed by atoms with van der Waals surface area (Å²) in [5.74, 6) is 5.04. The Labute approximate surface area is 193 Å². The summed E-state index contributed by atoms with van der Waals surface area (Å²) in [6.07, 6.45) is 17.1. The summed E-state index contributed by atoms with van der Waals surface area (Å²) in [5, 5.41) is 10.3. The Kier molecular flexibility index (Phi) is 6.53. The first-order valence-corrected chi connectivity index (χ1v) is 13.9. The maximum atomic E-state index is 10.3. The minimum Gasteiger partial charge on any atom is -0.393 e. The van der Waals surface area contributed by atoms with Crippen molar-refractivity contribution in [1.29, 1.82) is 0 Å². The van der Waals surface area contributed by atoms with Crippen LogP contribution in [0.2, 0.25) is 0 Å². The molecule has 0 amide bonds. The highest BCUT2D eigenvalue weighted by Crippen LogP contribution is 2.73. The fourth-order valence-electron chi connectivity index (χ4n) is 9.96. The summed E-state index contributed by atoms with van der Waals surface area (Å²) < 4.78 is 0. The fourth-order valence-corrected chi connectivity index (χ4v) is 9.96. The smallest absolute Gasteiger partial charge is 0.0543 e. The van der Waals surface area contributed by atoms with Crippen LogP contribution in [-0.4, -0.2) is 11.2 Å². The third-order valence-electron chi connectivity index (χ3n) is 12.2. The van der Waals surface area contributed by atoms with Crippen LogP contribution in [0, 0.1) is 51.8 Å². The maximum absolute atomic E-state index is 10.3. The molecule has 178 valence electrons. The normalized spacial score (nSPS) is 48.8. The summed E-state index contributed by atoms with van der Waals surface area (Å²) in [5.41, 5.74) is 3.21. The maximum Gasteiger partial charge on any atom is 0.0543 e. The van der Waals surface area contributed by atoms with Crippen molar-refractivity contribution in [3.8, 4) is 0 Å². The number of aliphatic hydroxyl groups is 1. The Balaban J connectivity index is 1.52. The molecule has 0 spiro atoms. The van der Waals surface area contributed by atoms with E-state index >= 15 is 0 Å². The van der Waals surface area contributed by atoms with Crippen LogP contribution in [0.15, 0.2) is 11.6 Å². The van der Waals surface area contributed by atoms with Crippen molar-refractivity contribution in [3.63, 3.8) is 0 Å². The van der Waals surface area contributed by atoms with Gasteiger partial charge in [-0.1, -0.05) is 53.2 Å². The van der Waals surface area contributed by atoms with E-state index in [1.165, 1.54) is 57.8 Å². The lowest BCUT2D eigenvalue weighted by Gasteiger charge is -2.65. The van der Waals surface area contributed by atoms with Gasteiger partial charge in [-0.2, -0.15) is 0 Å². The molecule has 0 bridgehead atoms. The first-order chi connectivity index (χ1) is 14.6. The lowest BCUT2D eigenvalue weighted by atomic mass is 9.40. The summed E-state index contributed by atoms with van der Waals surface area (Å²) in [6.45, 7) is 17.6. The zero-order valence-corrected chi connectivity index (χ0v) is 21.8. The SMILES string of the molecule is CC=C(CCC(C)C1CCC2(C)C3CCC4CC(O)CCC4(C)C3CCC12C)C(C)C. The van der Waals surface area contributed by atoms with Gasteiger partial charge in [0.15, 0.2) is 0 Å². The van der Waals surface area contributed by atoms with Gasteiger partial charge >= 0.3 is 0 Å². The molecule has 31 heavy (non-hydrogen) atoms. The molecule has 4 aliphatic rings. The Morgan fingerprint density at radius 1 is 0.903 bits per heavy atom. The summed E-state index contributed by atoms with van der Waals surface area (Å²) >= 11 is 0. The number of aliphatic hydroxyl groups excluding tert-OH is 1. The molecule has 1 nitrogen and oxygen atoms in total. The van der Waals surface area contributed by atoms with Gasteiger partial charge in [0, 0.05) is 0 Å². The minimum absolute atomic E-state index is 0.0244. The number of allylic oxidation sites excluding steroid dienone is 2. The first kappa shape index (κ1) is 23.8. The van der Waals surface area contributed by atoms with Gasteiger partial charge in [-0.05, 0) is 129 Å². The lowest BCUT2D eigenvalue weighted by Crippen LogP contribution is -2.58. The minimum atomic E-state index is -0.0244. The first-order valence-electron chi connectivity index (χ1n) is 13.9. The number of hydrogen-bond donors (Lipinski definition) is 1. The lowest BCUT2D eigenvalue weighted by molar-refractivity contribution is -0.165. The standard InChI is InChI=1S/C30H52O/c1-8-22(20(2)3)10-9-21(4)25-14-17-30(7)27-12-11-23-19-24(31)13-16-28(23,5)26(27)15-18-29(25,30)6/h8,20-21,23-27,31H,9-19H2,1-7H3. The predicted molar refractivity (Wildman–Crippen MR) is 133 cm³/mol. The Morgan fingerprint density at radius 2 is 1.61 bits per heavy atom. The molecule has 0 aliphatic heterocycles. The van der Waals surface area contributed by atoms with E-state index in [1.807, 2.05) is 0 Å². The second kappa shape index (κ2) is 8.48. The highest BCUT2D eigenvalue weighted by atomic mass is 16.3. The van der Waals surface area contributed by atoms with Gasteiger partial charge in [0.25, 0.3) is 0 Å². The Hall–Kier alpha value is -0.300. The molecule has 1 heteroatoms. The zero-order valence-electron chi connectivity index (χ0n) is 21.8. The average Bonchev–Trinajstić information content (AvgIpc) is 3.00. The highest BCUT2D eigenvalue weighted by Gasteiger charge is 2.65. The van der Waals surface area contributed by atoms with Crippen LogP contribution in [0.1, 0.15) is 119 Å². The average molecular weight is 429 g/mol. The molecular formula is C30H52O. The van der Waals surface area contributed by atoms with Crippen LogP contribution in [0.4, 0.5) is 0 Å². The van der Waals surface area contributed by atoms with E-state index in [9.17, 15) is 5.11 Å². The second-order valence-electron chi connectivity index (χ2n) is 13.5. The summed E-state index contributed by atoms with van der Waals surface area (Å²) in [7, 11) is 0. The van der Waals surface area contributed by atoms with Gasteiger partial charge in [-0.3, -0.25) is 0 Å². The van der Waals surface area contributed by atoms with Gasteiger partial charge in [0.1, 0.15) is 0 Å². The van der Waals surface area contributed by atoms with Gasteiger partial charge in [0.2, 0.25) is 0 Å². The molecule has 0 aromatic rings. The van der Waals surface area contributed by atoms with E-state index < -0.39 is 0 Å². The zero-order chi connectivity index (χ0) is 22.6. The summed E-state index contributed by atoms with van der Waals surface area (Å²) in [6, 6.07) is 0. The molecule has 0 heterocycles. The molecular weight excluding hydrogens is 376 g/mol. The van der Waals surface area contributed by atoms with Crippen LogP contribution >= 0.6 is 0 Å². The topological polar surface area (TPSA) is 20.2 Å². The van der Waals surface area contributed by atoms with Crippen molar-refractivity contribution in [3.05, 3.63) is 11.6 Å². The van der Waals surface area contributed by atoms with Crippen molar-refractivity contribution >= 4 is 0 Å². The van der Waals surface area contributed by atoms with E-state index in [0.717, 1.165) is 42.4 Å². The molecule has 0 aromatic heterocycles. The highest BCUT2D eigenvalue weighted by molar-refractivity contribution is 5.15. The molecule has 4 saturated carbocycles. The molecule has 9 atom stereocenters. The van der Waals surface area contributed by atoms with Gasteiger partial charge in [0.05, 0.1) is 6.10 Å². The van der Waals surface area contributed by atoms with E-state index in [0.29, 0.717) is 22.2 Å². The molecule has 9 unspecified atom stereocenters. The molecule has 0 radical (unpaired) electrons. The predicted octanol–water partition coefficient (Wildman–Crippen LogP) is 8.41. The molecule has 1 N–H and O–H groups in total. The third kappa shape index (κ3) is 3.68. The monoisotopic (exact) mass is 428 g/mol. The summed E-state index contributed by atoms with van der Waals surface area (Å²) in [4.78, 5) is 0. The van der Waals surface area contributed by atoms with Crippen LogP contribution in [0.3, 0.4) is 0 Å². The van der Waals surface area contributed by atoms with E-state index in [2.05, 4.69) is 54.5 Å². The van der Waals surface area contributed by atoms with Gasteiger partial charge < -0.3 is 5.11 Å². The number of rotatable bonds is 5. The molecule has 0 aromatic carbocycles. The van der Waals surface area contributed by atoms with Crippen LogP contribution in [-0.2, 0) is 0 Å². The molecule has 4 fully saturated rings. The third-order valence-corrected chi connectivity index (χ3v) is 12.2. The Morgan fingerprint density at radius 3 is 2.29 bits per heavy atom. The van der Waals surface area contributed by atoms with Gasteiger partial charge in [-0.25, -0.2) is 0 Å². The van der Waals surface area contributed by atoms with E-state index in [-0.39, 0.29) is 6.10 Å². The van der Waals surface area contributed by atoms with Crippen LogP contribution in [0.5, 0.6) is 0 Å².